The van der Waals surface area contributed by atoms with E-state index in [9.17, 15) is 18.4 Å². The van der Waals surface area contributed by atoms with Crippen LogP contribution in [0.5, 0.6) is 0 Å². The molecule has 0 spiro atoms. The van der Waals surface area contributed by atoms with Crippen molar-refractivity contribution in [1.29, 1.82) is 0 Å². The molecular formula is C28H32F2N2O4. The van der Waals surface area contributed by atoms with Crippen LogP contribution in [0.2, 0.25) is 0 Å². The van der Waals surface area contributed by atoms with Gasteiger partial charge < -0.3 is 14.8 Å². The molecule has 0 unspecified atom stereocenters. The van der Waals surface area contributed by atoms with Crippen molar-refractivity contribution < 1.29 is 27.8 Å². The molecule has 3 aromatic rings. The Hall–Kier alpha value is -3.55. The standard InChI is InChI=1S/C28H32F2N2O4/c1-18(2)36-25(33)28(17-27(3,4)5,32-26(34)35-16-19-9-7-6-8-10-19)21-12-14-22-20(15-21)11-13-23(31-22)24(29)30/h6-15,18,24H,16-17H2,1-5H3,(H,32,34)/t28-/m1/s1. The number of alkyl carbamates (subject to hydrolysis) is 1. The van der Waals surface area contributed by atoms with Gasteiger partial charge in [0.2, 0.25) is 0 Å². The minimum Gasteiger partial charge on any atom is -0.461 e. The van der Waals surface area contributed by atoms with Crippen LogP contribution in [-0.4, -0.2) is 23.2 Å². The minimum absolute atomic E-state index is 0.0234. The number of nitrogens with one attached hydrogen (secondary N) is 1. The van der Waals surface area contributed by atoms with Crippen LogP contribution in [0.4, 0.5) is 13.6 Å². The topological polar surface area (TPSA) is 77.5 Å². The summed E-state index contributed by atoms with van der Waals surface area (Å²) < 4.78 is 37.3. The molecule has 0 aliphatic rings. The Balaban J connectivity index is 2.06. The van der Waals surface area contributed by atoms with E-state index in [1.165, 1.54) is 12.1 Å². The number of esters is 1. The Kier molecular flexibility index (Phi) is 8.28. The molecule has 6 nitrogen and oxygen atoms in total. The molecule has 0 aliphatic carbocycles. The van der Waals surface area contributed by atoms with E-state index < -0.39 is 35.5 Å². The van der Waals surface area contributed by atoms with Gasteiger partial charge in [-0.3, -0.25) is 0 Å². The van der Waals surface area contributed by atoms with Gasteiger partial charge in [0.15, 0.2) is 5.54 Å². The van der Waals surface area contributed by atoms with E-state index in [2.05, 4.69) is 10.3 Å². The first-order chi connectivity index (χ1) is 16.9. The van der Waals surface area contributed by atoms with Crippen molar-refractivity contribution in [2.75, 3.05) is 0 Å². The summed E-state index contributed by atoms with van der Waals surface area (Å²) >= 11 is 0. The lowest BCUT2D eigenvalue weighted by molar-refractivity contribution is -0.157. The van der Waals surface area contributed by atoms with Crippen molar-refractivity contribution in [3.63, 3.8) is 0 Å². The fourth-order valence-corrected chi connectivity index (χ4v) is 4.03. The van der Waals surface area contributed by atoms with Crippen LogP contribution in [0.1, 0.15) is 64.3 Å². The molecule has 0 aliphatic heterocycles. The lowest BCUT2D eigenvalue weighted by atomic mass is 9.75. The zero-order valence-corrected chi connectivity index (χ0v) is 21.2. The highest BCUT2D eigenvalue weighted by atomic mass is 19.3. The first kappa shape index (κ1) is 27.0. The van der Waals surface area contributed by atoms with Crippen molar-refractivity contribution in [3.8, 4) is 0 Å². The monoisotopic (exact) mass is 498 g/mol. The Morgan fingerprint density at radius 3 is 2.31 bits per heavy atom. The second kappa shape index (κ2) is 11.0. The average Bonchev–Trinajstić information content (AvgIpc) is 2.81. The van der Waals surface area contributed by atoms with Crippen molar-refractivity contribution in [2.45, 2.75) is 65.7 Å². The van der Waals surface area contributed by atoms with Crippen LogP contribution in [0.3, 0.4) is 0 Å². The number of alkyl halides is 2. The predicted molar refractivity (Wildman–Crippen MR) is 133 cm³/mol. The third-order valence-corrected chi connectivity index (χ3v) is 5.44. The quantitative estimate of drug-likeness (QED) is 0.351. The summed E-state index contributed by atoms with van der Waals surface area (Å²) in [7, 11) is 0. The molecule has 192 valence electrons. The number of halogens is 2. The lowest BCUT2D eigenvalue weighted by Crippen LogP contribution is -2.55. The summed E-state index contributed by atoms with van der Waals surface area (Å²) in [5.41, 5.74) is -0.756. The molecule has 36 heavy (non-hydrogen) atoms. The number of fused-ring (bicyclic) bond motifs is 1. The van der Waals surface area contributed by atoms with Gasteiger partial charge in [-0.2, -0.15) is 0 Å². The van der Waals surface area contributed by atoms with Gasteiger partial charge in [0, 0.05) is 5.39 Å². The SMILES string of the molecule is CC(C)OC(=O)[C@](CC(C)(C)C)(NC(=O)OCc1ccccc1)c1ccc2nc(C(F)F)ccc2c1. The van der Waals surface area contributed by atoms with Crippen LogP contribution < -0.4 is 5.32 Å². The maximum absolute atomic E-state index is 13.6. The van der Waals surface area contributed by atoms with Gasteiger partial charge in [-0.05, 0) is 55.0 Å². The average molecular weight is 499 g/mol. The number of aromatic nitrogens is 1. The largest absolute Gasteiger partial charge is 0.461 e. The molecule has 3 rings (SSSR count). The van der Waals surface area contributed by atoms with E-state index in [4.69, 9.17) is 9.47 Å². The van der Waals surface area contributed by atoms with Crippen molar-refractivity contribution in [2.24, 2.45) is 5.41 Å². The number of nitrogens with zero attached hydrogens (tertiary/aromatic N) is 1. The number of ether oxygens (including phenoxy) is 2. The molecule has 1 amide bonds. The molecule has 0 bridgehead atoms. The van der Waals surface area contributed by atoms with Gasteiger partial charge in [0.05, 0.1) is 11.6 Å². The van der Waals surface area contributed by atoms with Crippen LogP contribution in [0.15, 0.2) is 60.7 Å². The van der Waals surface area contributed by atoms with E-state index in [1.807, 2.05) is 51.1 Å². The summed E-state index contributed by atoms with van der Waals surface area (Å²) in [5.74, 6) is -0.638. The number of amides is 1. The molecule has 1 N–H and O–H groups in total. The maximum Gasteiger partial charge on any atom is 0.408 e. The van der Waals surface area contributed by atoms with Crippen LogP contribution in [0, 0.1) is 5.41 Å². The first-order valence-corrected chi connectivity index (χ1v) is 11.8. The second-order valence-corrected chi connectivity index (χ2v) is 10.2. The molecule has 0 saturated carbocycles. The van der Waals surface area contributed by atoms with Gasteiger partial charge in [-0.25, -0.2) is 23.4 Å². The molecule has 1 aromatic heterocycles. The smallest absolute Gasteiger partial charge is 0.408 e. The minimum atomic E-state index is -2.70. The number of rotatable bonds is 8. The summed E-state index contributed by atoms with van der Waals surface area (Å²) in [6, 6.07) is 16.8. The van der Waals surface area contributed by atoms with E-state index in [0.717, 1.165) is 5.56 Å². The number of carbonyl (C=O) groups excluding carboxylic acids is 2. The maximum atomic E-state index is 13.6. The molecule has 0 fully saturated rings. The molecule has 1 atom stereocenters. The number of pyridine rings is 1. The number of benzene rings is 2. The highest BCUT2D eigenvalue weighted by molar-refractivity contribution is 5.90. The molecular weight excluding hydrogens is 466 g/mol. The summed E-state index contributed by atoms with van der Waals surface area (Å²) in [4.78, 5) is 30.7. The fraction of sp³-hybridized carbons (Fsp3) is 0.393. The lowest BCUT2D eigenvalue weighted by Gasteiger charge is -2.38. The number of hydrogen-bond acceptors (Lipinski definition) is 5. The summed E-state index contributed by atoms with van der Waals surface area (Å²) in [6.45, 7) is 9.31. The summed E-state index contributed by atoms with van der Waals surface area (Å²) in [6.07, 6.45) is -3.72. The molecule has 0 radical (unpaired) electrons. The molecule has 2 aromatic carbocycles. The molecule has 8 heteroatoms. The van der Waals surface area contributed by atoms with Gasteiger partial charge in [-0.1, -0.05) is 63.2 Å². The highest BCUT2D eigenvalue weighted by Crippen LogP contribution is 2.38. The van der Waals surface area contributed by atoms with Crippen molar-refractivity contribution >= 4 is 23.0 Å². The Morgan fingerprint density at radius 1 is 1.00 bits per heavy atom. The van der Waals surface area contributed by atoms with Crippen LogP contribution in [-0.2, 0) is 26.4 Å². The Morgan fingerprint density at radius 2 is 1.69 bits per heavy atom. The zero-order chi connectivity index (χ0) is 26.5. The molecule has 0 saturated heterocycles. The van der Waals surface area contributed by atoms with E-state index in [-0.39, 0.29) is 18.7 Å². The van der Waals surface area contributed by atoms with Crippen LogP contribution >= 0.6 is 0 Å². The number of hydrogen-bond donors (Lipinski definition) is 1. The predicted octanol–water partition coefficient (Wildman–Crippen LogP) is 6.68. The van der Waals surface area contributed by atoms with E-state index >= 15 is 0 Å². The fourth-order valence-electron chi connectivity index (χ4n) is 4.03. The zero-order valence-electron chi connectivity index (χ0n) is 21.2. The van der Waals surface area contributed by atoms with E-state index in [0.29, 0.717) is 16.5 Å². The third kappa shape index (κ3) is 6.77. The normalized spacial score (nSPS) is 13.5. The first-order valence-electron chi connectivity index (χ1n) is 11.8. The Labute approximate surface area is 210 Å². The van der Waals surface area contributed by atoms with Gasteiger partial charge >= 0.3 is 12.1 Å². The van der Waals surface area contributed by atoms with Crippen molar-refractivity contribution in [1.82, 2.24) is 10.3 Å². The van der Waals surface area contributed by atoms with Gasteiger partial charge in [0.25, 0.3) is 6.43 Å². The van der Waals surface area contributed by atoms with Gasteiger partial charge in [-0.15, -0.1) is 0 Å². The van der Waals surface area contributed by atoms with Crippen molar-refractivity contribution in [3.05, 3.63) is 77.5 Å². The summed E-state index contributed by atoms with van der Waals surface area (Å²) in [5, 5.41) is 3.35. The highest BCUT2D eigenvalue weighted by Gasteiger charge is 2.47. The second-order valence-electron chi connectivity index (χ2n) is 10.2. The Bertz CT molecular complexity index is 1210. The van der Waals surface area contributed by atoms with Crippen LogP contribution in [0.25, 0.3) is 10.9 Å². The van der Waals surface area contributed by atoms with E-state index in [1.54, 1.807) is 32.0 Å². The van der Waals surface area contributed by atoms with Gasteiger partial charge in [0.1, 0.15) is 12.3 Å². The number of carbonyl (C=O) groups is 2. The molecule has 1 heterocycles. The third-order valence-electron chi connectivity index (χ3n) is 5.44.